The lowest BCUT2D eigenvalue weighted by Gasteiger charge is -2.23. The summed E-state index contributed by atoms with van der Waals surface area (Å²) in [5.41, 5.74) is 0. The van der Waals surface area contributed by atoms with E-state index in [-0.39, 0.29) is 19.8 Å². The molecule has 0 saturated heterocycles. The first-order chi connectivity index (χ1) is 22.1. The van der Waals surface area contributed by atoms with Crippen LogP contribution in [0.4, 0.5) is 0 Å². The maximum atomic E-state index is 12.3. The minimum Gasteiger partial charge on any atom is -0.480 e. The highest BCUT2D eigenvalue weighted by Crippen LogP contribution is 2.43. The zero-order chi connectivity index (χ0) is 34.2. The summed E-state index contributed by atoms with van der Waals surface area (Å²) in [5, 5.41) is 8.97. The summed E-state index contributed by atoms with van der Waals surface area (Å²) < 4.78 is 34.5. The van der Waals surface area contributed by atoms with Gasteiger partial charge in [0.25, 0.3) is 0 Å². The van der Waals surface area contributed by atoms with E-state index >= 15 is 0 Å². The first-order valence-electron chi connectivity index (χ1n) is 18.9. The quantitative estimate of drug-likeness (QED) is 0.0379. The number of hydrogen-bond donors (Lipinski definition) is 2. The van der Waals surface area contributed by atoms with Gasteiger partial charge in [-0.25, -0.2) is 9.36 Å². The molecule has 2 unspecified atom stereocenters. The number of rotatable bonds is 37. The third-order valence-electron chi connectivity index (χ3n) is 8.29. The van der Waals surface area contributed by atoms with Crippen LogP contribution in [0.3, 0.4) is 0 Å². The summed E-state index contributed by atoms with van der Waals surface area (Å²) >= 11 is 0. The number of aliphatic carboxylic acids is 1. The highest BCUT2D eigenvalue weighted by atomic mass is 31.2. The third kappa shape index (κ3) is 36.3. The molecule has 10 heteroatoms. The van der Waals surface area contributed by atoms with Gasteiger partial charge >= 0.3 is 13.8 Å². The van der Waals surface area contributed by atoms with Crippen LogP contribution in [0, 0.1) is 0 Å². The molecular formula is C36H75NO8P+. The summed E-state index contributed by atoms with van der Waals surface area (Å²) in [6, 6.07) is 0. The van der Waals surface area contributed by atoms with Gasteiger partial charge in [-0.15, -0.1) is 0 Å². The first-order valence-corrected chi connectivity index (χ1v) is 20.4. The average molecular weight is 681 g/mol. The van der Waals surface area contributed by atoms with Crippen molar-refractivity contribution in [2.24, 2.45) is 0 Å². The Morgan fingerprint density at radius 3 is 1.46 bits per heavy atom. The lowest BCUT2D eigenvalue weighted by atomic mass is 10.0. The van der Waals surface area contributed by atoms with Crippen molar-refractivity contribution in [3.05, 3.63) is 0 Å². The van der Waals surface area contributed by atoms with Crippen molar-refractivity contribution in [1.29, 1.82) is 0 Å². The zero-order valence-electron chi connectivity index (χ0n) is 30.5. The summed E-state index contributed by atoms with van der Waals surface area (Å²) in [5.74, 6) is -1.12. The minimum absolute atomic E-state index is 0.0986. The van der Waals surface area contributed by atoms with Gasteiger partial charge in [0.1, 0.15) is 12.7 Å². The van der Waals surface area contributed by atoms with Crippen molar-refractivity contribution in [2.45, 2.75) is 167 Å². The highest BCUT2D eigenvalue weighted by Gasteiger charge is 2.24. The normalized spacial score (nSPS) is 14.0. The van der Waals surface area contributed by atoms with Gasteiger partial charge in [-0.05, 0) is 25.7 Å². The molecule has 276 valence electrons. The lowest BCUT2D eigenvalue weighted by Crippen LogP contribution is -2.35. The van der Waals surface area contributed by atoms with Crippen molar-refractivity contribution in [3.63, 3.8) is 0 Å². The summed E-state index contributed by atoms with van der Waals surface area (Å²) in [6.07, 6.45) is 29.0. The second-order valence-electron chi connectivity index (χ2n) is 14.1. The fourth-order valence-electron chi connectivity index (χ4n) is 5.44. The molecule has 0 rings (SSSR count). The largest absolute Gasteiger partial charge is 0.480 e. The van der Waals surface area contributed by atoms with Crippen LogP contribution >= 0.6 is 7.82 Å². The molecule has 46 heavy (non-hydrogen) atoms. The maximum Gasteiger partial charge on any atom is 0.472 e. The van der Waals surface area contributed by atoms with E-state index in [1.165, 1.54) is 129 Å². The molecule has 0 aromatic heterocycles. The van der Waals surface area contributed by atoms with E-state index in [1.54, 1.807) is 0 Å². The van der Waals surface area contributed by atoms with Gasteiger partial charge < -0.3 is 24.0 Å². The van der Waals surface area contributed by atoms with Gasteiger partial charge in [0.2, 0.25) is 0 Å². The molecule has 0 aliphatic heterocycles. The third-order valence-corrected chi connectivity index (χ3v) is 9.27. The number of carboxylic acids is 1. The fraction of sp³-hybridized carbons (Fsp3) is 0.972. The zero-order valence-corrected chi connectivity index (χ0v) is 31.4. The number of ether oxygens (including phenoxy) is 2. The van der Waals surface area contributed by atoms with Crippen LogP contribution in [-0.2, 0) is 27.9 Å². The fourth-order valence-corrected chi connectivity index (χ4v) is 6.23. The molecule has 0 amide bonds. The second kappa shape index (κ2) is 31.7. The number of nitrogens with zero attached hydrogens (tertiary/aromatic N) is 1. The Balaban J connectivity index is 3.81. The number of carboxylic acid groups (broad SMARTS) is 1. The number of phosphoric acid groups is 1. The number of quaternary nitrogens is 1. The van der Waals surface area contributed by atoms with E-state index in [0.29, 0.717) is 13.0 Å². The Morgan fingerprint density at radius 1 is 0.609 bits per heavy atom. The molecule has 0 fully saturated rings. The smallest absolute Gasteiger partial charge is 0.472 e. The second-order valence-corrected chi connectivity index (χ2v) is 15.6. The van der Waals surface area contributed by atoms with Gasteiger partial charge in [-0.1, -0.05) is 135 Å². The van der Waals surface area contributed by atoms with Gasteiger partial charge in [0, 0.05) is 6.61 Å². The molecule has 0 heterocycles. The summed E-state index contributed by atoms with van der Waals surface area (Å²) in [7, 11) is 2.43. The Bertz CT molecular complexity index is 719. The molecule has 0 radical (unpaired) electrons. The van der Waals surface area contributed by atoms with E-state index in [1.807, 2.05) is 0 Å². The van der Waals surface area contributed by atoms with Crippen LogP contribution in [0.25, 0.3) is 0 Å². The minimum atomic E-state index is -4.24. The van der Waals surface area contributed by atoms with Crippen LogP contribution < -0.4 is 0 Å². The first kappa shape index (κ1) is 45.5. The van der Waals surface area contributed by atoms with E-state index in [0.717, 1.165) is 30.2 Å². The topological polar surface area (TPSA) is 112 Å². The van der Waals surface area contributed by atoms with Crippen molar-refractivity contribution in [3.8, 4) is 0 Å². The lowest BCUT2D eigenvalue weighted by molar-refractivity contribution is -0.870. The van der Waals surface area contributed by atoms with Gasteiger partial charge in [0.05, 0.1) is 47.5 Å². The van der Waals surface area contributed by atoms with Gasteiger partial charge in [-0.3, -0.25) is 9.05 Å². The van der Waals surface area contributed by atoms with E-state index < -0.39 is 26.5 Å². The molecule has 0 saturated carbocycles. The number of phosphoric ester groups is 1. The summed E-state index contributed by atoms with van der Waals surface area (Å²) in [6.45, 7) is 3.46. The maximum absolute atomic E-state index is 12.3. The molecular weight excluding hydrogens is 605 g/mol. The van der Waals surface area contributed by atoms with Crippen LogP contribution in [0.2, 0.25) is 0 Å². The van der Waals surface area contributed by atoms with Gasteiger partial charge in [-0.2, -0.15) is 0 Å². The monoisotopic (exact) mass is 681 g/mol. The molecule has 0 aliphatic carbocycles. The molecule has 0 aromatic carbocycles. The van der Waals surface area contributed by atoms with E-state index in [9.17, 15) is 14.3 Å². The Hall–Kier alpha value is -0.540. The van der Waals surface area contributed by atoms with E-state index in [2.05, 4.69) is 28.1 Å². The van der Waals surface area contributed by atoms with Crippen LogP contribution in [0.5, 0.6) is 0 Å². The van der Waals surface area contributed by atoms with Crippen LogP contribution in [0.15, 0.2) is 0 Å². The Morgan fingerprint density at radius 2 is 1.02 bits per heavy atom. The number of carbonyl (C=O) groups is 1. The number of unbranched alkanes of at least 4 members (excludes halogenated alkanes) is 22. The van der Waals surface area contributed by atoms with Crippen molar-refractivity contribution < 1.29 is 42.4 Å². The van der Waals surface area contributed by atoms with E-state index in [4.69, 9.17) is 23.6 Å². The molecule has 0 aromatic rings. The molecule has 2 atom stereocenters. The SMILES string of the molecule is CCCCCCCCCCCCCCCCCCOCC(COP(=O)(O)OCCCCCCCCCC[N+](C)(C)C)OCC(=O)O. The average Bonchev–Trinajstić information content (AvgIpc) is 2.99. The molecule has 9 nitrogen and oxygen atoms in total. The summed E-state index contributed by atoms with van der Waals surface area (Å²) in [4.78, 5) is 21.0. The molecule has 0 spiro atoms. The Kier molecular flexibility index (Phi) is 31.3. The standard InChI is InChI=1S/C36H74NO8P/c1-5-6-7-8-9-10-11-12-13-14-15-16-18-21-24-27-30-42-32-35(43-34-36(38)39)33-45-46(40,41)44-31-28-25-22-19-17-20-23-26-29-37(2,3)4/h35H,5-34H2,1-4H3,(H-,38,39,40,41)/p+1. The molecule has 2 N–H and O–H groups in total. The predicted molar refractivity (Wildman–Crippen MR) is 189 cm³/mol. The van der Waals surface area contributed by atoms with Crippen LogP contribution in [0.1, 0.15) is 161 Å². The predicted octanol–water partition coefficient (Wildman–Crippen LogP) is 9.69. The van der Waals surface area contributed by atoms with Crippen LogP contribution in [-0.4, -0.2) is 87.3 Å². The van der Waals surface area contributed by atoms with Crippen molar-refractivity contribution in [2.75, 3.05) is 60.7 Å². The number of hydrogen-bond acceptors (Lipinski definition) is 6. The van der Waals surface area contributed by atoms with Crippen molar-refractivity contribution >= 4 is 13.8 Å². The Labute approximate surface area is 283 Å². The highest BCUT2D eigenvalue weighted by molar-refractivity contribution is 7.47. The van der Waals surface area contributed by atoms with Gasteiger partial charge in [0.15, 0.2) is 0 Å². The molecule has 0 aliphatic rings. The molecule has 0 bridgehead atoms. The van der Waals surface area contributed by atoms with Crippen molar-refractivity contribution in [1.82, 2.24) is 0 Å².